The lowest BCUT2D eigenvalue weighted by Gasteiger charge is -2.32. The number of hydrogen-bond donors (Lipinski definition) is 3. The van der Waals surface area contributed by atoms with Crippen molar-refractivity contribution in [2.45, 2.75) is 38.4 Å². The average molecular weight is 504 g/mol. The molecule has 0 spiro atoms. The van der Waals surface area contributed by atoms with Crippen LogP contribution in [0.15, 0.2) is 48.7 Å². The molecule has 3 amide bonds. The minimum atomic E-state index is -0.624. The molecule has 37 heavy (non-hydrogen) atoms. The number of imide groups is 1. The van der Waals surface area contributed by atoms with Gasteiger partial charge in [-0.2, -0.15) is 0 Å². The van der Waals surface area contributed by atoms with Crippen molar-refractivity contribution in [2.24, 2.45) is 0 Å². The van der Waals surface area contributed by atoms with Gasteiger partial charge in [0, 0.05) is 62.7 Å². The lowest BCUT2D eigenvalue weighted by atomic mass is 10.1. The molecule has 3 aromatic rings. The maximum atomic E-state index is 12.6. The Bertz CT molecular complexity index is 1310. The molecule has 2 saturated heterocycles. The number of aromatic nitrogens is 1. The van der Waals surface area contributed by atoms with Crippen molar-refractivity contribution in [1.29, 1.82) is 0 Å². The normalized spacial score (nSPS) is 19.2. The standard InChI is InChI=1S/C28H33N5O4/c1-31-10-12-32(13-11-31)17-20-4-2-19(3-5-20)15-26(35)29-16-21-6-7-23-22(14-21)18-33(28(23)37)24-8-9-25(34)30-27(24)36/h2-7,14,18,24,37H,8-13,15-17H2,1H3,(H,29,35)(H,30,34,36). The largest absolute Gasteiger partial charge is 0.494 e. The molecular weight excluding hydrogens is 470 g/mol. The number of carbonyl (C=O) groups is 3. The van der Waals surface area contributed by atoms with E-state index in [0.29, 0.717) is 24.8 Å². The van der Waals surface area contributed by atoms with Gasteiger partial charge in [-0.05, 0) is 42.3 Å². The van der Waals surface area contributed by atoms with E-state index < -0.39 is 11.9 Å². The molecule has 9 heteroatoms. The number of piperidine rings is 1. The van der Waals surface area contributed by atoms with Crippen LogP contribution in [0.1, 0.15) is 35.6 Å². The number of piperazine rings is 1. The predicted octanol–water partition coefficient (Wildman–Crippen LogP) is 1.93. The molecule has 0 saturated carbocycles. The van der Waals surface area contributed by atoms with Gasteiger partial charge in [0.2, 0.25) is 17.7 Å². The van der Waals surface area contributed by atoms with Crippen molar-refractivity contribution in [2.75, 3.05) is 33.2 Å². The third-order valence-electron chi connectivity index (χ3n) is 7.30. The monoisotopic (exact) mass is 503 g/mol. The molecule has 2 aliphatic rings. The molecule has 0 bridgehead atoms. The van der Waals surface area contributed by atoms with Gasteiger partial charge in [-0.3, -0.25) is 24.6 Å². The first-order valence-electron chi connectivity index (χ1n) is 12.8. The summed E-state index contributed by atoms with van der Waals surface area (Å²) in [5.41, 5.74) is 3.12. The van der Waals surface area contributed by atoms with E-state index in [4.69, 9.17) is 0 Å². The van der Waals surface area contributed by atoms with E-state index in [0.717, 1.165) is 49.2 Å². The van der Waals surface area contributed by atoms with Crippen molar-refractivity contribution >= 4 is 28.5 Å². The van der Waals surface area contributed by atoms with E-state index in [9.17, 15) is 19.5 Å². The Labute approximate surface area is 216 Å². The van der Waals surface area contributed by atoms with E-state index in [1.807, 2.05) is 24.3 Å². The Kier molecular flexibility index (Phi) is 7.25. The Morgan fingerprint density at radius 1 is 1.03 bits per heavy atom. The van der Waals surface area contributed by atoms with Gasteiger partial charge < -0.3 is 19.9 Å². The Balaban J connectivity index is 1.16. The molecule has 194 valence electrons. The average Bonchev–Trinajstić information content (AvgIpc) is 3.20. The minimum absolute atomic E-state index is 0.00356. The summed E-state index contributed by atoms with van der Waals surface area (Å²) in [6.07, 6.45) is 2.61. The SMILES string of the molecule is CN1CCN(Cc2ccc(CC(=O)NCc3ccc4c(O)n(C5CCC(=O)NC5=O)cc4c3)cc2)CC1. The van der Waals surface area contributed by atoms with E-state index in [2.05, 4.69) is 39.6 Å². The van der Waals surface area contributed by atoms with E-state index in [-0.39, 0.29) is 24.1 Å². The highest BCUT2D eigenvalue weighted by Gasteiger charge is 2.30. The minimum Gasteiger partial charge on any atom is -0.494 e. The maximum Gasteiger partial charge on any atom is 0.249 e. The highest BCUT2D eigenvalue weighted by molar-refractivity contribution is 6.00. The summed E-state index contributed by atoms with van der Waals surface area (Å²) < 4.78 is 1.52. The van der Waals surface area contributed by atoms with Crippen LogP contribution in [0.4, 0.5) is 0 Å². The second-order valence-corrected chi connectivity index (χ2v) is 10.1. The Morgan fingerprint density at radius 2 is 1.73 bits per heavy atom. The number of carbonyl (C=O) groups excluding carboxylic acids is 3. The molecular formula is C28H33N5O4. The van der Waals surface area contributed by atoms with Crippen LogP contribution in [0, 0.1) is 0 Å². The molecule has 1 aromatic heterocycles. The molecule has 2 fully saturated rings. The lowest BCUT2D eigenvalue weighted by Crippen LogP contribution is -2.43. The summed E-state index contributed by atoms with van der Waals surface area (Å²) >= 11 is 0. The fourth-order valence-electron chi connectivity index (χ4n) is 5.04. The van der Waals surface area contributed by atoms with Crippen LogP contribution >= 0.6 is 0 Å². The molecule has 1 atom stereocenters. The van der Waals surface area contributed by atoms with Gasteiger partial charge in [-0.25, -0.2) is 0 Å². The number of benzene rings is 2. The van der Waals surface area contributed by atoms with Crippen molar-refractivity contribution in [3.8, 4) is 5.88 Å². The molecule has 3 heterocycles. The van der Waals surface area contributed by atoms with Crippen molar-refractivity contribution in [1.82, 2.24) is 25.0 Å². The molecule has 3 N–H and O–H groups in total. The second kappa shape index (κ2) is 10.7. The lowest BCUT2D eigenvalue weighted by molar-refractivity contribution is -0.135. The molecule has 5 rings (SSSR count). The summed E-state index contributed by atoms with van der Waals surface area (Å²) in [5, 5.41) is 17.3. The highest BCUT2D eigenvalue weighted by Crippen LogP contribution is 2.33. The van der Waals surface area contributed by atoms with Crippen LogP contribution in [-0.4, -0.2) is 70.4 Å². The van der Waals surface area contributed by atoms with E-state index in [1.54, 1.807) is 12.3 Å². The quantitative estimate of drug-likeness (QED) is 0.426. The van der Waals surface area contributed by atoms with Crippen molar-refractivity contribution in [3.63, 3.8) is 0 Å². The van der Waals surface area contributed by atoms with Gasteiger partial charge in [0.1, 0.15) is 6.04 Å². The Morgan fingerprint density at radius 3 is 2.46 bits per heavy atom. The number of nitrogens with zero attached hydrogens (tertiary/aromatic N) is 3. The first-order chi connectivity index (χ1) is 17.9. The van der Waals surface area contributed by atoms with Crippen LogP contribution in [0.3, 0.4) is 0 Å². The highest BCUT2D eigenvalue weighted by atomic mass is 16.3. The second-order valence-electron chi connectivity index (χ2n) is 10.1. The van der Waals surface area contributed by atoms with Crippen LogP contribution in [0.5, 0.6) is 5.88 Å². The van der Waals surface area contributed by atoms with Gasteiger partial charge in [0.15, 0.2) is 5.88 Å². The number of hydrogen-bond acceptors (Lipinski definition) is 6. The van der Waals surface area contributed by atoms with Crippen LogP contribution in [-0.2, 0) is 33.9 Å². The molecule has 0 aliphatic carbocycles. The summed E-state index contributed by atoms with van der Waals surface area (Å²) in [6, 6.07) is 13.2. The summed E-state index contributed by atoms with van der Waals surface area (Å²) in [4.78, 5) is 41.1. The summed E-state index contributed by atoms with van der Waals surface area (Å²) in [7, 11) is 2.15. The first-order valence-corrected chi connectivity index (χ1v) is 12.8. The fourth-order valence-corrected chi connectivity index (χ4v) is 5.04. The first kappa shape index (κ1) is 25.0. The number of rotatable bonds is 7. The van der Waals surface area contributed by atoms with Gasteiger partial charge in [-0.1, -0.05) is 30.3 Å². The third kappa shape index (κ3) is 5.84. The maximum absolute atomic E-state index is 12.6. The van der Waals surface area contributed by atoms with Gasteiger partial charge in [-0.15, -0.1) is 0 Å². The van der Waals surface area contributed by atoms with Crippen molar-refractivity contribution < 1.29 is 19.5 Å². The van der Waals surface area contributed by atoms with Gasteiger partial charge in [0.25, 0.3) is 0 Å². The van der Waals surface area contributed by atoms with E-state index in [1.165, 1.54) is 10.1 Å². The number of amides is 3. The van der Waals surface area contributed by atoms with Crippen LogP contribution in [0.2, 0.25) is 0 Å². The zero-order chi connectivity index (χ0) is 25.9. The van der Waals surface area contributed by atoms with Gasteiger partial charge in [0.05, 0.1) is 6.42 Å². The summed E-state index contributed by atoms with van der Waals surface area (Å²) in [5.74, 6) is -0.768. The van der Waals surface area contributed by atoms with Crippen LogP contribution in [0.25, 0.3) is 10.8 Å². The molecule has 1 unspecified atom stereocenters. The van der Waals surface area contributed by atoms with Crippen LogP contribution < -0.4 is 10.6 Å². The third-order valence-corrected chi connectivity index (χ3v) is 7.30. The fraction of sp³-hybridized carbons (Fsp3) is 0.393. The predicted molar refractivity (Wildman–Crippen MR) is 140 cm³/mol. The van der Waals surface area contributed by atoms with Gasteiger partial charge >= 0.3 is 0 Å². The number of aromatic hydroxyl groups is 1. The smallest absolute Gasteiger partial charge is 0.249 e. The number of nitrogens with one attached hydrogen (secondary N) is 2. The topological polar surface area (TPSA) is 107 Å². The summed E-state index contributed by atoms with van der Waals surface area (Å²) in [6.45, 7) is 5.64. The molecule has 2 aliphatic heterocycles. The molecule has 9 nitrogen and oxygen atoms in total. The zero-order valence-corrected chi connectivity index (χ0v) is 21.1. The number of fused-ring (bicyclic) bond motifs is 1. The van der Waals surface area contributed by atoms with Crippen molar-refractivity contribution in [3.05, 3.63) is 65.4 Å². The zero-order valence-electron chi connectivity index (χ0n) is 21.1. The molecule has 0 radical (unpaired) electrons. The Hall–Kier alpha value is -3.69. The molecule has 2 aromatic carbocycles. The van der Waals surface area contributed by atoms with E-state index >= 15 is 0 Å². The number of likely N-dealkylation sites (N-methyl/N-ethyl adjacent to an activating group) is 1.